The molecule has 0 saturated heterocycles. The highest BCUT2D eigenvalue weighted by Crippen LogP contribution is 2.11. The maximum absolute atomic E-state index is 5.65. The van der Waals surface area contributed by atoms with E-state index in [1.807, 2.05) is 30.3 Å². The minimum absolute atomic E-state index is 0. The average Bonchev–Trinajstić information content (AvgIpc) is 2.24. The molecule has 98 valence electrons. The Bertz CT molecular complexity index is 300. The third kappa shape index (κ3) is 8.36. The number of hydrogen-bond donors (Lipinski definition) is 2. The lowest BCUT2D eigenvalue weighted by Crippen LogP contribution is -2.39. The van der Waals surface area contributed by atoms with E-state index in [2.05, 4.69) is 38.7 Å². The van der Waals surface area contributed by atoms with E-state index in [0.29, 0.717) is 12.6 Å². The van der Waals surface area contributed by atoms with Crippen LogP contribution in [-0.2, 0) is 0 Å². The Balaban J connectivity index is 0.00000256. The molecule has 0 saturated carbocycles. The molecule has 0 bridgehead atoms. The minimum atomic E-state index is 0. The normalized spacial score (nSPS) is 12.7. The van der Waals surface area contributed by atoms with Gasteiger partial charge in [0.2, 0.25) is 0 Å². The molecule has 0 aliphatic heterocycles. The first-order valence-corrected chi connectivity index (χ1v) is 6.06. The third-order valence-electron chi connectivity index (χ3n) is 2.13. The van der Waals surface area contributed by atoms with Crippen molar-refractivity contribution in [2.24, 2.45) is 0 Å². The maximum Gasteiger partial charge on any atom is 0.119 e. The molecule has 1 atom stereocenters. The lowest BCUT2D eigenvalue weighted by atomic mass is 10.2. The first-order chi connectivity index (χ1) is 7.47. The van der Waals surface area contributed by atoms with Crippen molar-refractivity contribution in [1.82, 2.24) is 5.32 Å². The van der Waals surface area contributed by atoms with Crippen molar-refractivity contribution in [2.75, 3.05) is 13.2 Å². The summed E-state index contributed by atoms with van der Waals surface area (Å²) in [6.45, 7) is 7.84. The van der Waals surface area contributed by atoms with Gasteiger partial charge in [0.05, 0.1) is 0 Å². The summed E-state index contributed by atoms with van der Waals surface area (Å²) in [4.78, 5) is 0. The molecule has 1 rings (SSSR count). The van der Waals surface area contributed by atoms with Crippen LogP contribution in [0.4, 0.5) is 0 Å². The van der Waals surface area contributed by atoms with Gasteiger partial charge in [-0.1, -0.05) is 18.2 Å². The molecule has 1 aromatic carbocycles. The molecular weight excluding hydrogens is 254 g/mol. The van der Waals surface area contributed by atoms with Crippen LogP contribution in [-0.4, -0.2) is 23.9 Å². The molecule has 0 radical (unpaired) electrons. The van der Waals surface area contributed by atoms with Gasteiger partial charge in [-0.05, 0) is 32.9 Å². The maximum atomic E-state index is 5.65. The predicted octanol–water partition coefficient (Wildman–Crippen LogP) is 3.17. The average molecular weight is 276 g/mol. The highest BCUT2D eigenvalue weighted by atomic mass is 35.5. The number of thiol groups is 1. The van der Waals surface area contributed by atoms with Crippen LogP contribution in [0.25, 0.3) is 0 Å². The summed E-state index contributed by atoms with van der Waals surface area (Å²) < 4.78 is 5.66. The molecule has 0 aliphatic rings. The molecule has 2 nitrogen and oxygen atoms in total. The minimum Gasteiger partial charge on any atom is -0.492 e. The van der Waals surface area contributed by atoms with Crippen LogP contribution in [0, 0.1) is 0 Å². The second-order valence-corrected chi connectivity index (χ2v) is 5.93. The summed E-state index contributed by atoms with van der Waals surface area (Å²) in [7, 11) is 0. The SMILES string of the molecule is CC(COc1ccccc1)NCC(C)(C)S.Cl. The Hall–Kier alpha value is -0.380. The van der Waals surface area contributed by atoms with Crippen LogP contribution in [0.3, 0.4) is 0 Å². The Kier molecular flexibility index (Phi) is 7.68. The summed E-state index contributed by atoms with van der Waals surface area (Å²) in [5.74, 6) is 0.918. The van der Waals surface area contributed by atoms with E-state index in [1.54, 1.807) is 0 Å². The Morgan fingerprint density at radius 2 is 1.88 bits per heavy atom. The van der Waals surface area contributed by atoms with Crippen molar-refractivity contribution in [3.05, 3.63) is 30.3 Å². The fourth-order valence-electron chi connectivity index (χ4n) is 1.22. The molecule has 17 heavy (non-hydrogen) atoms. The first-order valence-electron chi connectivity index (χ1n) is 5.61. The number of benzene rings is 1. The van der Waals surface area contributed by atoms with E-state index in [-0.39, 0.29) is 17.2 Å². The largest absolute Gasteiger partial charge is 0.492 e. The monoisotopic (exact) mass is 275 g/mol. The van der Waals surface area contributed by atoms with E-state index >= 15 is 0 Å². The fraction of sp³-hybridized carbons (Fsp3) is 0.538. The second kappa shape index (κ2) is 7.85. The van der Waals surface area contributed by atoms with Crippen molar-refractivity contribution in [1.29, 1.82) is 0 Å². The number of halogens is 1. The molecule has 0 fully saturated rings. The zero-order chi connectivity index (χ0) is 12.0. The number of ether oxygens (including phenoxy) is 1. The summed E-state index contributed by atoms with van der Waals surface area (Å²) in [6.07, 6.45) is 0. The molecule has 1 N–H and O–H groups in total. The zero-order valence-corrected chi connectivity index (χ0v) is 12.4. The fourth-order valence-corrected chi connectivity index (χ4v) is 1.31. The van der Waals surface area contributed by atoms with E-state index in [4.69, 9.17) is 4.74 Å². The van der Waals surface area contributed by atoms with Gasteiger partial charge in [0, 0.05) is 17.3 Å². The van der Waals surface area contributed by atoms with E-state index in [9.17, 15) is 0 Å². The van der Waals surface area contributed by atoms with Gasteiger partial charge in [-0.3, -0.25) is 0 Å². The molecule has 0 aliphatic carbocycles. The van der Waals surface area contributed by atoms with Crippen molar-refractivity contribution in [3.8, 4) is 5.75 Å². The zero-order valence-electron chi connectivity index (χ0n) is 10.6. The summed E-state index contributed by atoms with van der Waals surface area (Å²) >= 11 is 4.46. The number of rotatable bonds is 6. The molecular formula is C13H22ClNOS. The van der Waals surface area contributed by atoms with Crippen LogP contribution < -0.4 is 10.1 Å². The summed E-state index contributed by atoms with van der Waals surface area (Å²) in [5.41, 5.74) is 0. The van der Waals surface area contributed by atoms with Crippen LogP contribution in [0.2, 0.25) is 0 Å². The van der Waals surface area contributed by atoms with Gasteiger partial charge < -0.3 is 10.1 Å². The van der Waals surface area contributed by atoms with Crippen LogP contribution in [0.15, 0.2) is 30.3 Å². The lowest BCUT2D eigenvalue weighted by Gasteiger charge is -2.22. The quantitative estimate of drug-likeness (QED) is 0.778. The number of hydrogen-bond acceptors (Lipinski definition) is 3. The van der Waals surface area contributed by atoms with Crippen molar-refractivity contribution in [2.45, 2.75) is 31.6 Å². The predicted molar refractivity (Wildman–Crippen MR) is 79.7 cm³/mol. The molecule has 0 amide bonds. The van der Waals surface area contributed by atoms with Gasteiger partial charge >= 0.3 is 0 Å². The van der Waals surface area contributed by atoms with E-state index in [1.165, 1.54) is 0 Å². The van der Waals surface area contributed by atoms with E-state index < -0.39 is 0 Å². The standard InChI is InChI=1S/C13H21NOS.ClH/c1-11(14-10-13(2,3)16)9-15-12-7-5-4-6-8-12;/h4-8,11,14,16H,9-10H2,1-3H3;1H. The van der Waals surface area contributed by atoms with Crippen LogP contribution in [0.1, 0.15) is 20.8 Å². The van der Waals surface area contributed by atoms with Gasteiger partial charge in [-0.15, -0.1) is 12.4 Å². The molecule has 0 aromatic heterocycles. The third-order valence-corrected chi connectivity index (χ3v) is 2.28. The molecule has 0 spiro atoms. The van der Waals surface area contributed by atoms with Gasteiger partial charge in [0.25, 0.3) is 0 Å². The second-order valence-electron chi connectivity index (χ2n) is 4.72. The molecule has 4 heteroatoms. The Morgan fingerprint density at radius 1 is 1.29 bits per heavy atom. The lowest BCUT2D eigenvalue weighted by molar-refractivity contribution is 0.271. The topological polar surface area (TPSA) is 21.3 Å². The number of para-hydroxylation sites is 1. The van der Waals surface area contributed by atoms with Gasteiger partial charge in [0.15, 0.2) is 0 Å². The molecule has 1 unspecified atom stereocenters. The number of nitrogens with one attached hydrogen (secondary N) is 1. The van der Waals surface area contributed by atoms with Crippen molar-refractivity contribution in [3.63, 3.8) is 0 Å². The highest BCUT2D eigenvalue weighted by Gasteiger charge is 2.12. The van der Waals surface area contributed by atoms with Gasteiger partial charge in [-0.25, -0.2) is 0 Å². The Morgan fingerprint density at radius 3 is 2.41 bits per heavy atom. The first kappa shape index (κ1) is 16.6. The van der Waals surface area contributed by atoms with Crippen molar-refractivity contribution < 1.29 is 4.74 Å². The summed E-state index contributed by atoms with van der Waals surface area (Å²) in [5, 5.41) is 3.39. The van der Waals surface area contributed by atoms with Crippen molar-refractivity contribution >= 4 is 25.0 Å². The molecule has 1 aromatic rings. The smallest absolute Gasteiger partial charge is 0.119 e. The van der Waals surface area contributed by atoms with Gasteiger partial charge in [0.1, 0.15) is 12.4 Å². The highest BCUT2D eigenvalue weighted by molar-refractivity contribution is 7.81. The van der Waals surface area contributed by atoms with E-state index in [0.717, 1.165) is 12.3 Å². The van der Waals surface area contributed by atoms with Gasteiger partial charge in [-0.2, -0.15) is 12.6 Å². The Labute approximate surface area is 116 Å². The van der Waals surface area contributed by atoms with Crippen LogP contribution in [0.5, 0.6) is 5.75 Å². The summed E-state index contributed by atoms with van der Waals surface area (Å²) in [6, 6.07) is 10.2. The van der Waals surface area contributed by atoms with Crippen LogP contribution >= 0.6 is 25.0 Å². The molecule has 0 heterocycles.